The molecule has 0 aliphatic rings. The van der Waals surface area contributed by atoms with Gasteiger partial charge in [-0.05, 0) is 25.5 Å². The van der Waals surface area contributed by atoms with Crippen LogP contribution in [0.3, 0.4) is 0 Å². The number of nitrogens with zero attached hydrogens (tertiary/aromatic N) is 1. The molecule has 0 spiro atoms. The predicted octanol–water partition coefficient (Wildman–Crippen LogP) is 2.29. The Bertz CT molecular complexity index is 654. The molecule has 0 fully saturated rings. The number of hydrogen-bond donors (Lipinski definition) is 3. The monoisotopic (exact) mass is 404 g/mol. The van der Waals surface area contributed by atoms with Crippen LogP contribution in [-0.2, 0) is 14.3 Å². The molecule has 0 saturated carbocycles. The first-order chi connectivity index (χ1) is 12.8. The fourth-order valence-electron chi connectivity index (χ4n) is 1.80. The molecule has 0 amide bonds. The first-order valence-corrected chi connectivity index (χ1v) is 8.36. The maximum atomic E-state index is 13.3. The fourth-order valence-corrected chi connectivity index (χ4v) is 1.96. The Balaban J connectivity index is 0.000000972. The SMILES string of the molecule is CCC(CCNCCOC)Oc1cc(Cl)c(F)cc1C#N.O=C(O)C(=O)O. The third-order valence-corrected chi connectivity index (χ3v) is 3.49. The fraction of sp³-hybridized carbons (Fsp3) is 0.471. The number of nitriles is 1. The Hall–Kier alpha value is -2.41. The number of rotatable bonds is 9. The van der Waals surface area contributed by atoms with E-state index in [2.05, 4.69) is 5.32 Å². The summed E-state index contributed by atoms with van der Waals surface area (Å²) in [7, 11) is 1.65. The van der Waals surface area contributed by atoms with Gasteiger partial charge in [-0.25, -0.2) is 14.0 Å². The number of nitrogens with one attached hydrogen (secondary N) is 1. The zero-order chi connectivity index (χ0) is 20.8. The van der Waals surface area contributed by atoms with Gasteiger partial charge < -0.3 is 25.0 Å². The lowest BCUT2D eigenvalue weighted by atomic mass is 10.1. The molecule has 150 valence electrons. The maximum Gasteiger partial charge on any atom is 0.414 e. The third-order valence-electron chi connectivity index (χ3n) is 3.20. The number of aliphatic carboxylic acids is 2. The number of benzene rings is 1. The normalized spacial score (nSPS) is 10.9. The first kappa shape index (κ1) is 24.6. The molecule has 0 radical (unpaired) electrons. The quantitative estimate of drug-likeness (QED) is 0.422. The van der Waals surface area contributed by atoms with E-state index in [1.807, 2.05) is 13.0 Å². The van der Waals surface area contributed by atoms with Crippen LogP contribution in [0.15, 0.2) is 12.1 Å². The highest BCUT2D eigenvalue weighted by Crippen LogP contribution is 2.27. The maximum absolute atomic E-state index is 13.3. The van der Waals surface area contributed by atoms with Crippen molar-refractivity contribution in [2.24, 2.45) is 0 Å². The molecular weight excluding hydrogens is 383 g/mol. The molecule has 1 unspecified atom stereocenters. The van der Waals surface area contributed by atoms with Crippen LogP contribution in [0.4, 0.5) is 4.39 Å². The van der Waals surface area contributed by atoms with Gasteiger partial charge in [0.15, 0.2) is 0 Å². The topological polar surface area (TPSA) is 129 Å². The Kier molecular flexibility index (Phi) is 12.5. The van der Waals surface area contributed by atoms with Crippen molar-refractivity contribution in [1.29, 1.82) is 5.26 Å². The second kappa shape index (κ2) is 13.7. The molecule has 0 saturated heterocycles. The van der Waals surface area contributed by atoms with Crippen molar-refractivity contribution < 1.29 is 33.7 Å². The zero-order valence-electron chi connectivity index (χ0n) is 15.0. The van der Waals surface area contributed by atoms with Gasteiger partial charge in [0.2, 0.25) is 0 Å². The molecule has 1 rings (SSSR count). The Morgan fingerprint density at radius 1 is 1.33 bits per heavy atom. The van der Waals surface area contributed by atoms with E-state index in [0.717, 1.165) is 32.0 Å². The highest BCUT2D eigenvalue weighted by atomic mass is 35.5. The van der Waals surface area contributed by atoms with Crippen LogP contribution in [0, 0.1) is 17.1 Å². The van der Waals surface area contributed by atoms with E-state index in [0.29, 0.717) is 12.4 Å². The summed E-state index contributed by atoms with van der Waals surface area (Å²) < 4.78 is 24.1. The van der Waals surface area contributed by atoms with Crippen LogP contribution in [-0.4, -0.2) is 55.1 Å². The Labute approximate surface area is 161 Å². The number of ether oxygens (including phenoxy) is 2. The molecule has 0 aromatic heterocycles. The number of carboxylic acid groups (broad SMARTS) is 2. The summed E-state index contributed by atoms with van der Waals surface area (Å²) in [5.74, 6) is -3.94. The third kappa shape index (κ3) is 10.4. The summed E-state index contributed by atoms with van der Waals surface area (Å²) in [6.45, 7) is 4.21. The van der Waals surface area contributed by atoms with E-state index < -0.39 is 17.8 Å². The number of carboxylic acids is 2. The van der Waals surface area contributed by atoms with Gasteiger partial charge in [-0.2, -0.15) is 5.26 Å². The van der Waals surface area contributed by atoms with Gasteiger partial charge in [-0.1, -0.05) is 18.5 Å². The minimum atomic E-state index is -1.82. The van der Waals surface area contributed by atoms with Crippen molar-refractivity contribution >= 4 is 23.5 Å². The second-order valence-electron chi connectivity index (χ2n) is 5.16. The van der Waals surface area contributed by atoms with Crippen molar-refractivity contribution in [2.75, 3.05) is 26.8 Å². The van der Waals surface area contributed by atoms with E-state index in [9.17, 15) is 4.39 Å². The van der Waals surface area contributed by atoms with Crippen molar-refractivity contribution in [1.82, 2.24) is 5.32 Å². The summed E-state index contributed by atoms with van der Waals surface area (Å²) in [6.07, 6.45) is 1.50. The van der Waals surface area contributed by atoms with Crippen molar-refractivity contribution in [3.05, 3.63) is 28.5 Å². The lowest BCUT2D eigenvalue weighted by molar-refractivity contribution is -0.159. The Morgan fingerprint density at radius 3 is 2.44 bits per heavy atom. The van der Waals surface area contributed by atoms with E-state index in [4.69, 9.17) is 46.1 Å². The molecule has 1 aromatic rings. The van der Waals surface area contributed by atoms with Crippen molar-refractivity contribution in [3.8, 4) is 11.8 Å². The molecule has 0 heterocycles. The van der Waals surface area contributed by atoms with Gasteiger partial charge in [-0.15, -0.1) is 0 Å². The van der Waals surface area contributed by atoms with E-state index in [1.54, 1.807) is 7.11 Å². The predicted molar refractivity (Wildman–Crippen MR) is 95.5 cm³/mol. The number of hydrogen-bond acceptors (Lipinski definition) is 6. The molecule has 1 atom stereocenters. The molecule has 27 heavy (non-hydrogen) atoms. The highest BCUT2D eigenvalue weighted by Gasteiger charge is 2.14. The summed E-state index contributed by atoms with van der Waals surface area (Å²) >= 11 is 5.74. The van der Waals surface area contributed by atoms with E-state index >= 15 is 0 Å². The number of carbonyl (C=O) groups is 2. The van der Waals surface area contributed by atoms with Crippen LogP contribution < -0.4 is 10.1 Å². The first-order valence-electron chi connectivity index (χ1n) is 7.98. The van der Waals surface area contributed by atoms with Crippen LogP contribution in [0.2, 0.25) is 5.02 Å². The van der Waals surface area contributed by atoms with Crippen molar-refractivity contribution in [2.45, 2.75) is 25.9 Å². The molecule has 1 aromatic carbocycles. The van der Waals surface area contributed by atoms with Gasteiger partial charge in [0.1, 0.15) is 17.6 Å². The molecule has 0 aliphatic carbocycles. The molecule has 3 N–H and O–H groups in total. The average molecular weight is 405 g/mol. The van der Waals surface area contributed by atoms with Gasteiger partial charge in [0, 0.05) is 19.7 Å². The number of methoxy groups -OCH3 is 1. The molecule has 8 nitrogen and oxygen atoms in total. The lowest BCUT2D eigenvalue weighted by Gasteiger charge is -2.19. The van der Waals surface area contributed by atoms with Crippen LogP contribution >= 0.6 is 11.6 Å². The van der Waals surface area contributed by atoms with Crippen LogP contribution in [0.25, 0.3) is 0 Å². The molecule has 10 heteroatoms. The van der Waals surface area contributed by atoms with Gasteiger partial charge >= 0.3 is 11.9 Å². The second-order valence-corrected chi connectivity index (χ2v) is 5.57. The lowest BCUT2D eigenvalue weighted by Crippen LogP contribution is -2.26. The minimum Gasteiger partial charge on any atom is -0.489 e. The Morgan fingerprint density at radius 2 is 1.96 bits per heavy atom. The zero-order valence-corrected chi connectivity index (χ0v) is 15.8. The largest absolute Gasteiger partial charge is 0.489 e. The smallest absolute Gasteiger partial charge is 0.414 e. The molecule has 0 aliphatic heterocycles. The summed E-state index contributed by atoms with van der Waals surface area (Å²) in [6, 6.07) is 4.38. The summed E-state index contributed by atoms with van der Waals surface area (Å²) in [4.78, 5) is 18.2. The van der Waals surface area contributed by atoms with E-state index in [1.165, 1.54) is 6.07 Å². The van der Waals surface area contributed by atoms with Gasteiger partial charge in [-0.3, -0.25) is 0 Å². The summed E-state index contributed by atoms with van der Waals surface area (Å²) in [5, 5.41) is 27.0. The number of halogens is 2. The summed E-state index contributed by atoms with van der Waals surface area (Å²) in [5.41, 5.74) is 0.155. The van der Waals surface area contributed by atoms with E-state index in [-0.39, 0.29) is 16.7 Å². The highest BCUT2D eigenvalue weighted by molar-refractivity contribution is 6.30. The van der Waals surface area contributed by atoms with Crippen LogP contribution in [0.1, 0.15) is 25.3 Å². The molecule has 0 bridgehead atoms. The standard InChI is InChI=1S/C15H20ClFN2O2.C2H2O4/c1-3-12(4-5-19-6-7-20-2)21-15-9-13(16)14(17)8-11(15)10-18;3-1(4)2(5)6/h8-9,12,19H,3-7H2,1-2H3;(H,3,4)(H,5,6). The van der Waals surface area contributed by atoms with Gasteiger partial charge in [0.05, 0.1) is 23.3 Å². The molecular formula is C17H22ClFN2O6. The average Bonchev–Trinajstić information content (AvgIpc) is 2.63. The van der Waals surface area contributed by atoms with Gasteiger partial charge in [0.25, 0.3) is 0 Å². The van der Waals surface area contributed by atoms with Crippen molar-refractivity contribution in [3.63, 3.8) is 0 Å². The van der Waals surface area contributed by atoms with Crippen LogP contribution in [0.5, 0.6) is 5.75 Å². The minimum absolute atomic E-state index is 0.0444.